The quantitative estimate of drug-likeness (QED) is 0.909. The van der Waals surface area contributed by atoms with Crippen molar-refractivity contribution in [3.05, 3.63) is 40.4 Å². The van der Waals surface area contributed by atoms with E-state index >= 15 is 0 Å². The number of carbonyl (C=O) groups is 1. The number of likely N-dealkylation sites (tertiary alicyclic amines) is 1. The van der Waals surface area contributed by atoms with E-state index in [2.05, 4.69) is 9.97 Å². The van der Waals surface area contributed by atoms with Crippen molar-refractivity contribution in [2.45, 2.75) is 12.3 Å². The van der Waals surface area contributed by atoms with Gasteiger partial charge in [0.1, 0.15) is 6.61 Å². The van der Waals surface area contributed by atoms with E-state index in [4.69, 9.17) is 4.74 Å². The zero-order valence-electron chi connectivity index (χ0n) is 11.8. The van der Waals surface area contributed by atoms with Gasteiger partial charge in [0.05, 0.1) is 10.9 Å². The highest BCUT2D eigenvalue weighted by molar-refractivity contribution is 5.78. The van der Waals surface area contributed by atoms with Gasteiger partial charge in [-0.3, -0.25) is 14.6 Å². The lowest BCUT2D eigenvalue weighted by Gasteiger charge is -2.16. The normalized spacial score (nSPS) is 18.3. The van der Waals surface area contributed by atoms with Gasteiger partial charge in [-0.15, -0.1) is 0 Å². The summed E-state index contributed by atoms with van der Waals surface area (Å²) in [7, 11) is 1.51. The Labute approximate surface area is 121 Å². The topological polar surface area (TPSA) is 75.3 Å². The van der Waals surface area contributed by atoms with Crippen molar-refractivity contribution in [3.8, 4) is 0 Å². The number of rotatable bonds is 3. The number of fused-ring (bicyclic) bond motifs is 1. The Kier molecular flexibility index (Phi) is 3.70. The third kappa shape index (κ3) is 2.67. The molecule has 1 saturated heterocycles. The summed E-state index contributed by atoms with van der Waals surface area (Å²) < 4.78 is 4.87. The summed E-state index contributed by atoms with van der Waals surface area (Å²) >= 11 is 0. The first-order chi connectivity index (χ1) is 10.2. The van der Waals surface area contributed by atoms with Gasteiger partial charge in [0.2, 0.25) is 5.91 Å². The van der Waals surface area contributed by atoms with Gasteiger partial charge in [-0.25, -0.2) is 0 Å². The second-order valence-electron chi connectivity index (χ2n) is 5.25. The summed E-state index contributed by atoms with van der Waals surface area (Å²) in [4.78, 5) is 32.8. The molecule has 0 aliphatic carbocycles. The molecule has 1 amide bonds. The predicted octanol–water partition coefficient (Wildman–Crippen LogP) is 0.885. The van der Waals surface area contributed by atoms with Crippen LogP contribution in [0.15, 0.2) is 29.2 Å². The molecule has 0 aromatic carbocycles. The minimum Gasteiger partial charge on any atom is -0.375 e. The number of nitrogens with one attached hydrogen (secondary N) is 1. The Morgan fingerprint density at radius 1 is 1.57 bits per heavy atom. The molecule has 6 nitrogen and oxygen atoms in total. The van der Waals surface area contributed by atoms with Crippen LogP contribution in [0.1, 0.15) is 18.0 Å². The van der Waals surface area contributed by atoms with Crippen LogP contribution in [0.2, 0.25) is 0 Å². The third-order valence-electron chi connectivity index (χ3n) is 3.88. The molecule has 1 fully saturated rings. The fourth-order valence-electron chi connectivity index (χ4n) is 2.78. The average molecular weight is 287 g/mol. The molecule has 0 bridgehead atoms. The number of nitrogens with zero attached hydrogens (tertiary/aromatic N) is 2. The SMILES string of the molecule is COCC(=O)N1CC[C@@H](c2cc3ncccc3c(=O)[nH]2)C1. The largest absolute Gasteiger partial charge is 0.375 e. The van der Waals surface area contributed by atoms with Crippen molar-refractivity contribution in [3.63, 3.8) is 0 Å². The smallest absolute Gasteiger partial charge is 0.257 e. The van der Waals surface area contributed by atoms with Crippen LogP contribution >= 0.6 is 0 Å². The van der Waals surface area contributed by atoms with Crippen molar-refractivity contribution < 1.29 is 9.53 Å². The number of carbonyl (C=O) groups excluding carboxylic acids is 1. The zero-order chi connectivity index (χ0) is 14.8. The molecule has 2 aromatic rings. The van der Waals surface area contributed by atoms with Gasteiger partial charge in [-0.1, -0.05) is 0 Å². The molecular weight excluding hydrogens is 270 g/mol. The van der Waals surface area contributed by atoms with Crippen LogP contribution in [-0.2, 0) is 9.53 Å². The fourth-order valence-corrected chi connectivity index (χ4v) is 2.78. The van der Waals surface area contributed by atoms with Crippen LogP contribution in [0, 0.1) is 0 Å². The molecule has 1 aliphatic rings. The molecule has 2 aromatic heterocycles. The van der Waals surface area contributed by atoms with E-state index in [0.29, 0.717) is 24.0 Å². The summed E-state index contributed by atoms with van der Waals surface area (Å²) in [5.74, 6) is 0.131. The van der Waals surface area contributed by atoms with Crippen molar-refractivity contribution in [1.82, 2.24) is 14.9 Å². The van der Waals surface area contributed by atoms with Crippen LogP contribution in [0.4, 0.5) is 0 Å². The monoisotopic (exact) mass is 287 g/mol. The molecule has 1 atom stereocenters. The molecule has 3 rings (SSSR count). The van der Waals surface area contributed by atoms with Crippen molar-refractivity contribution in [1.29, 1.82) is 0 Å². The first-order valence-electron chi connectivity index (χ1n) is 6.93. The highest BCUT2D eigenvalue weighted by Gasteiger charge is 2.28. The molecular formula is C15H17N3O3. The number of H-pyrrole nitrogens is 1. The Hall–Kier alpha value is -2.21. The highest BCUT2D eigenvalue weighted by Crippen LogP contribution is 2.26. The van der Waals surface area contributed by atoms with Gasteiger partial charge < -0.3 is 14.6 Å². The van der Waals surface area contributed by atoms with Crippen LogP contribution < -0.4 is 5.56 Å². The van der Waals surface area contributed by atoms with Gasteiger partial charge in [-0.05, 0) is 24.6 Å². The first kappa shape index (κ1) is 13.8. The lowest BCUT2D eigenvalue weighted by atomic mass is 10.0. The molecule has 110 valence electrons. The van der Waals surface area contributed by atoms with Crippen LogP contribution in [0.25, 0.3) is 10.9 Å². The van der Waals surface area contributed by atoms with E-state index in [-0.39, 0.29) is 24.0 Å². The Morgan fingerprint density at radius 2 is 2.43 bits per heavy atom. The Morgan fingerprint density at radius 3 is 3.24 bits per heavy atom. The van der Waals surface area contributed by atoms with Crippen LogP contribution in [0.3, 0.4) is 0 Å². The van der Waals surface area contributed by atoms with Crippen molar-refractivity contribution in [2.75, 3.05) is 26.8 Å². The second-order valence-corrected chi connectivity index (χ2v) is 5.25. The molecule has 3 heterocycles. The molecule has 21 heavy (non-hydrogen) atoms. The van der Waals surface area contributed by atoms with E-state index in [0.717, 1.165) is 12.1 Å². The van der Waals surface area contributed by atoms with Crippen molar-refractivity contribution >= 4 is 16.8 Å². The minimum absolute atomic E-state index is 0.0127. The van der Waals surface area contributed by atoms with E-state index in [1.54, 1.807) is 23.2 Å². The second kappa shape index (κ2) is 5.65. The number of hydrogen-bond acceptors (Lipinski definition) is 4. The van der Waals surface area contributed by atoms with Gasteiger partial charge in [0.15, 0.2) is 0 Å². The maximum Gasteiger partial charge on any atom is 0.257 e. The standard InChI is InChI=1S/C15H17N3O3/c1-21-9-14(19)18-6-4-10(8-18)12-7-13-11(15(20)17-12)3-2-5-16-13/h2-3,5,7,10H,4,6,8-9H2,1H3,(H,17,20)/t10-/m1/s1. The van der Waals surface area contributed by atoms with E-state index in [1.165, 1.54) is 7.11 Å². The molecule has 0 unspecified atom stereocenters. The summed E-state index contributed by atoms with van der Waals surface area (Å²) in [6.45, 7) is 1.40. The fraction of sp³-hybridized carbons (Fsp3) is 0.400. The average Bonchev–Trinajstić information content (AvgIpc) is 2.97. The van der Waals surface area contributed by atoms with E-state index in [1.807, 2.05) is 6.07 Å². The Bertz CT molecular complexity index is 725. The van der Waals surface area contributed by atoms with E-state index in [9.17, 15) is 9.59 Å². The summed E-state index contributed by atoms with van der Waals surface area (Å²) in [5.41, 5.74) is 1.41. The molecule has 6 heteroatoms. The number of amides is 1. The molecule has 0 saturated carbocycles. The van der Waals surface area contributed by atoms with Crippen LogP contribution in [-0.4, -0.2) is 47.6 Å². The lowest BCUT2D eigenvalue weighted by molar-refractivity contribution is -0.134. The number of ether oxygens (including phenoxy) is 1. The van der Waals surface area contributed by atoms with Gasteiger partial charge in [0.25, 0.3) is 5.56 Å². The van der Waals surface area contributed by atoms with Crippen LogP contribution in [0.5, 0.6) is 0 Å². The molecule has 0 radical (unpaired) electrons. The van der Waals surface area contributed by atoms with Gasteiger partial charge in [0, 0.05) is 38.0 Å². The summed E-state index contributed by atoms with van der Waals surface area (Å²) in [5, 5.41) is 0.589. The van der Waals surface area contributed by atoms with Gasteiger partial charge in [-0.2, -0.15) is 0 Å². The van der Waals surface area contributed by atoms with Gasteiger partial charge >= 0.3 is 0 Å². The maximum absolute atomic E-state index is 12.1. The van der Waals surface area contributed by atoms with Crippen molar-refractivity contribution in [2.24, 2.45) is 0 Å². The highest BCUT2D eigenvalue weighted by atomic mass is 16.5. The predicted molar refractivity (Wildman–Crippen MR) is 78.2 cm³/mol. The summed E-state index contributed by atoms with van der Waals surface area (Å²) in [6.07, 6.45) is 2.51. The third-order valence-corrected chi connectivity index (χ3v) is 3.88. The van der Waals surface area contributed by atoms with E-state index < -0.39 is 0 Å². The number of aromatic nitrogens is 2. The number of pyridine rings is 2. The maximum atomic E-state index is 12.1. The number of hydrogen-bond donors (Lipinski definition) is 1. The number of aromatic amines is 1. The number of methoxy groups -OCH3 is 1. The summed E-state index contributed by atoms with van der Waals surface area (Å²) in [6, 6.07) is 5.41. The molecule has 1 aliphatic heterocycles. The molecule has 0 spiro atoms. The first-order valence-corrected chi connectivity index (χ1v) is 6.93. The molecule has 1 N–H and O–H groups in total. The zero-order valence-corrected chi connectivity index (χ0v) is 11.8. The Balaban J connectivity index is 1.85. The minimum atomic E-state index is -0.128. The lowest BCUT2D eigenvalue weighted by Crippen LogP contribution is -2.31.